The minimum Gasteiger partial charge on any atom is -0.496 e. The summed E-state index contributed by atoms with van der Waals surface area (Å²) in [4.78, 5) is 43.7. The van der Waals surface area contributed by atoms with E-state index in [2.05, 4.69) is 0 Å². The van der Waals surface area contributed by atoms with Crippen molar-refractivity contribution in [1.82, 2.24) is 4.57 Å². The standard InChI is InChI=1S/C33H25N3O7S/c1-3-42-32(38)28-29(20-10-6-4-7-11-20)34-33-35(30(28)21-12-8-5-9-13-21)31(37)27(44-33)19-23-15-17-26(43-23)24-18-22(36(39)40)14-16-25(24)41-2/h4-19,30H,3H2,1-2H3/b27-19-/t30-/m0/s1. The Balaban J connectivity index is 1.53. The molecule has 3 heterocycles. The lowest BCUT2D eigenvalue weighted by atomic mass is 9.93. The number of hydrogen-bond acceptors (Lipinski definition) is 9. The Hall–Kier alpha value is -5.55. The Morgan fingerprint density at radius 1 is 1.07 bits per heavy atom. The highest BCUT2D eigenvalue weighted by Crippen LogP contribution is 2.36. The Kier molecular flexibility index (Phi) is 7.78. The molecular formula is C33H25N3O7S. The molecule has 0 radical (unpaired) electrons. The van der Waals surface area contributed by atoms with Crippen LogP contribution in [0.25, 0.3) is 23.1 Å². The molecule has 1 aliphatic heterocycles. The van der Waals surface area contributed by atoms with E-state index >= 15 is 0 Å². The third kappa shape index (κ3) is 5.25. The van der Waals surface area contributed by atoms with Crippen LogP contribution in [0.1, 0.15) is 29.9 Å². The van der Waals surface area contributed by atoms with E-state index < -0.39 is 16.9 Å². The van der Waals surface area contributed by atoms with Gasteiger partial charge in [0.25, 0.3) is 11.2 Å². The molecule has 1 atom stereocenters. The molecule has 0 N–H and O–H groups in total. The normalized spacial score (nSPS) is 14.6. The number of carbonyl (C=O) groups excluding carboxylic acids is 1. The smallest absolute Gasteiger partial charge is 0.338 e. The molecule has 0 saturated carbocycles. The van der Waals surface area contributed by atoms with Gasteiger partial charge in [-0.05, 0) is 30.7 Å². The van der Waals surface area contributed by atoms with Crippen molar-refractivity contribution < 1.29 is 23.6 Å². The fraction of sp³-hybridized carbons (Fsp3) is 0.121. The second kappa shape index (κ2) is 12.0. The van der Waals surface area contributed by atoms with Gasteiger partial charge in [-0.3, -0.25) is 19.5 Å². The van der Waals surface area contributed by atoms with Gasteiger partial charge in [-0.25, -0.2) is 9.79 Å². The Bertz CT molecular complexity index is 2090. The first-order valence-electron chi connectivity index (χ1n) is 13.7. The molecule has 2 aromatic heterocycles. The predicted octanol–water partition coefficient (Wildman–Crippen LogP) is 5.11. The first-order chi connectivity index (χ1) is 21.4. The van der Waals surface area contributed by atoms with Crippen LogP contribution in [0.3, 0.4) is 0 Å². The average Bonchev–Trinajstić information content (AvgIpc) is 3.64. The van der Waals surface area contributed by atoms with Crippen LogP contribution < -0.4 is 19.6 Å². The zero-order valence-electron chi connectivity index (χ0n) is 23.6. The van der Waals surface area contributed by atoms with Gasteiger partial charge in [-0.15, -0.1) is 0 Å². The van der Waals surface area contributed by atoms with E-state index in [0.717, 1.165) is 11.1 Å². The number of non-ortho nitro benzene ring substituents is 1. The second-order valence-electron chi connectivity index (χ2n) is 9.69. The highest BCUT2D eigenvalue weighted by molar-refractivity contribution is 7.07. The largest absolute Gasteiger partial charge is 0.496 e. The van der Waals surface area contributed by atoms with Gasteiger partial charge in [0.05, 0.1) is 46.0 Å². The second-order valence-corrected chi connectivity index (χ2v) is 10.7. The lowest BCUT2D eigenvalue weighted by molar-refractivity contribution is -0.384. The van der Waals surface area contributed by atoms with Crippen LogP contribution in [0.2, 0.25) is 0 Å². The molecule has 0 aliphatic carbocycles. The topological polar surface area (TPSA) is 126 Å². The molecule has 5 aromatic rings. The molecule has 6 rings (SSSR count). The van der Waals surface area contributed by atoms with Gasteiger partial charge < -0.3 is 13.9 Å². The predicted molar refractivity (Wildman–Crippen MR) is 165 cm³/mol. The summed E-state index contributed by atoms with van der Waals surface area (Å²) >= 11 is 1.17. The molecule has 11 heteroatoms. The zero-order valence-corrected chi connectivity index (χ0v) is 24.4. The number of fused-ring (bicyclic) bond motifs is 1. The Morgan fingerprint density at radius 3 is 2.48 bits per heavy atom. The fourth-order valence-corrected chi connectivity index (χ4v) is 6.08. The van der Waals surface area contributed by atoms with Crippen molar-refractivity contribution in [3.63, 3.8) is 0 Å². The van der Waals surface area contributed by atoms with E-state index in [4.69, 9.17) is 18.9 Å². The third-order valence-electron chi connectivity index (χ3n) is 7.05. The van der Waals surface area contributed by atoms with Crippen molar-refractivity contribution in [2.75, 3.05) is 13.7 Å². The molecule has 44 heavy (non-hydrogen) atoms. The summed E-state index contributed by atoms with van der Waals surface area (Å²) in [7, 11) is 1.46. The molecule has 220 valence electrons. The van der Waals surface area contributed by atoms with E-state index in [9.17, 15) is 19.7 Å². The zero-order chi connectivity index (χ0) is 30.8. The summed E-state index contributed by atoms with van der Waals surface area (Å²) in [5, 5.41) is 11.4. The molecule has 0 fully saturated rings. The van der Waals surface area contributed by atoms with E-state index in [-0.39, 0.29) is 23.4 Å². The number of ether oxygens (including phenoxy) is 2. The molecule has 0 unspecified atom stereocenters. The summed E-state index contributed by atoms with van der Waals surface area (Å²) in [6.45, 7) is 1.89. The molecule has 0 bridgehead atoms. The van der Waals surface area contributed by atoms with Crippen molar-refractivity contribution in [1.29, 1.82) is 0 Å². The van der Waals surface area contributed by atoms with Crippen molar-refractivity contribution >= 4 is 34.8 Å². The van der Waals surface area contributed by atoms with Crippen molar-refractivity contribution in [2.24, 2.45) is 4.99 Å². The quantitative estimate of drug-likeness (QED) is 0.136. The lowest BCUT2D eigenvalue weighted by Gasteiger charge is -2.25. The van der Waals surface area contributed by atoms with Gasteiger partial charge in [-0.1, -0.05) is 72.0 Å². The lowest BCUT2D eigenvalue weighted by Crippen LogP contribution is -2.39. The summed E-state index contributed by atoms with van der Waals surface area (Å²) < 4.78 is 18.7. The van der Waals surface area contributed by atoms with Gasteiger partial charge in [0.15, 0.2) is 4.80 Å². The molecule has 1 aliphatic rings. The van der Waals surface area contributed by atoms with Crippen molar-refractivity contribution in [3.8, 4) is 17.1 Å². The molecule has 3 aromatic carbocycles. The number of furan rings is 1. The van der Waals surface area contributed by atoms with Gasteiger partial charge >= 0.3 is 5.97 Å². The van der Waals surface area contributed by atoms with Gasteiger partial charge in [-0.2, -0.15) is 0 Å². The van der Waals surface area contributed by atoms with E-state index in [0.29, 0.717) is 37.9 Å². The maximum Gasteiger partial charge on any atom is 0.338 e. The minimum absolute atomic E-state index is 0.111. The fourth-order valence-electron chi connectivity index (χ4n) is 5.10. The van der Waals surface area contributed by atoms with Gasteiger partial charge in [0.2, 0.25) is 0 Å². The van der Waals surface area contributed by atoms with E-state index in [1.54, 1.807) is 25.1 Å². The summed E-state index contributed by atoms with van der Waals surface area (Å²) in [6.07, 6.45) is 1.59. The van der Waals surface area contributed by atoms with Crippen molar-refractivity contribution in [3.05, 3.63) is 143 Å². The van der Waals surface area contributed by atoms with Gasteiger partial charge in [0, 0.05) is 23.8 Å². The summed E-state index contributed by atoms with van der Waals surface area (Å²) in [5.74, 6) is 0.532. The maximum absolute atomic E-state index is 14.0. The van der Waals surface area contributed by atoms with Crippen LogP contribution in [-0.2, 0) is 9.53 Å². The number of nitro benzene ring substituents is 1. The number of hydrogen-bond donors (Lipinski definition) is 0. The Labute approximate surface area is 254 Å². The molecular weight excluding hydrogens is 582 g/mol. The highest BCUT2D eigenvalue weighted by Gasteiger charge is 2.35. The number of thiazole rings is 1. The molecule has 10 nitrogen and oxygen atoms in total. The van der Waals surface area contributed by atoms with Crippen LogP contribution in [0.5, 0.6) is 5.75 Å². The first-order valence-corrected chi connectivity index (χ1v) is 14.5. The van der Waals surface area contributed by atoms with Crippen LogP contribution in [0, 0.1) is 10.1 Å². The maximum atomic E-state index is 14.0. The number of nitrogens with zero attached hydrogens (tertiary/aromatic N) is 3. The molecule has 0 saturated heterocycles. The summed E-state index contributed by atoms with van der Waals surface area (Å²) in [5.41, 5.74) is 2.07. The van der Waals surface area contributed by atoms with Crippen LogP contribution >= 0.6 is 11.3 Å². The number of benzene rings is 3. The Morgan fingerprint density at radius 2 is 1.80 bits per heavy atom. The molecule has 0 amide bonds. The van der Waals surface area contributed by atoms with Crippen LogP contribution in [-0.4, -0.2) is 29.2 Å². The van der Waals surface area contributed by atoms with Crippen LogP contribution in [0.4, 0.5) is 5.69 Å². The van der Waals surface area contributed by atoms with Gasteiger partial charge in [0.1, 0.15) is 17.3 Å². The highest BCUT2D eigenvalue weighted by atomic mass is 32.1. The monoisotopic (exact) mass is 607 g/mol. The SMILES string of the molecule is CCOC(=O)C1=C(c2ccccc2)N=c2s/c(=C\c3ccc(-c4cc([N+](=O)[O-])ccc4OC)o3)c(=O)n2[C@H]1c1ccccc1. The van der Waals surface area contributed by atoms with E-state index in [1.165, 1.54) is 41.2 Å². The van der Waals surface area contributed by atoms with E-state index in [1.807, 2.05) is 60.7 Å². The number of esters is 1. The number of aromatic nitrogens is 1. The first kappa shape index (κ1) is 28.6. The van der Waals surface area contributed by atoms with Crippen LogP contribution in [0.15, 0.2) is 111 Å². The average molecular weight is 608 g/mol. The van der Waals surface area contributed by atoms with Crippen molar-refractivity contribution in [2.45, 2.75) is 13.0 Å². The minimum atomic E-state index is -0.787. The number of carbonyl (C=O) groups is 1. The third-order valence-corrected chi connectivity index (χ3v) is 8.03. The number of nitro groups is 1. The molecule has 0 spiro atoms. The summed E-state index contributed by atoms with van der Waals surface area (Å²) in [6, 6.07) is 25.4. The number of rotatable bonds is 8. The number of methoxy groups -OCH3 is 1.